The Morgan fingerprint density at radius 2 is 2.16 bits per heavy atom. The fourth-order valence-corrected chi connectivity index (χ4v) is 2.19. The van der Waals surface area contributed by atoms with E-state index in [9.17, 15) is 23.5 Å². The van der Waals surface area contributed by atoms with Gasteiger partial charge in [0.1, 0.15) is 6.61 Å². The third-order valence-corrected chi connectivity index (χ3v) is 3.54. The molecule has 0 aromatic carbocycles. The number of carboxylic acids is 1. The van der Waals surface area contributed by atoms with E-state index < -0.39 is 24.4 Å². The molecule has 1 atom stereocenters. The SMILES string of the molecule is CCC1(C(=O)O)CCN(C(=O)CCOCC(F)F)C1. The minimum Gasteiger partial charge on any atom is -0.481 e. The number of hydrogen-bond donors (Lipinski definition) is 1. The fourth-order valence-electron chi connectivity index (χ4n) is 2.19. The van der Waals surface area contributed by atoms with Crippen LogP contribution in [-0.4, -0.2) is 54.6 Å². The van der Waals surface area contributed by atoms with Crippen molar-refractivity contribution in [2.24, 2.45) is 5.41 Å². The molecule has 0 saturated carbocycles. The monoisotopic (exact) mass is 279 g/mol. The number of rotatable bonds is 7. The quantitative estimate of drug-likeness (QED) is 0.715. The molecule has 1 aliphatic heterocycles. The standard InChI is InChI=1S/C12H19F2NO4/c1-2-12(11(17)18)4-5-15(8-12)10(16)3-6-19-7-9(13)14/h9H,2-8H2,1H3,(H,17,18). The first-order valence-electron chi connectivity index (χ1n) is 6.28. The summed E-state index contributed by atoms with van der Waals surface area (Å²) >= 11 is 0. The Morgan fingerprint density at radius 1 is 1.47 bits per heavy atom. The summed E-state index contributed by atoms with van der Waals surface area (Å²) in [6.45, 7) is 1.63. The average Bonchev–Trinajstić information content (AvgIpc) is 2.80. The van der Waals surface area contributed by atoms with Crippen LogP contribution < -0.4 is 0 Å². The predicted octanol–water partition coefficient (Wildman–Crippen LogP) is 1.37. The lowest BCUT2D eigenvalue weighted by Gasteiger charge is -2.23. The van der Waals surface area contributed by atoms with Gasteiger partial charge >= 0.3 is 5.97 Å². The van der Waals surface area contributed by atoms with Gasteiger partial charge in [0, 0.05) is 13.1 Å². The van der Waals surface area contributed by atoms with Gasteiger partial charge in [-0.3, -0.25) is 9.59 Å². The van der Waals surface area contributed by atoms with Crippen molar-refractivity contribution in [3.8, 4) is 0 Å². The molecular formula is C12H19F2NO4. The zero-order valence-electron chi connectivity index (χ0n) is 10.9. The van der Waals surface area contributed by atoms with Crippen LogP contribution in [0.4, 0.5) is 8.78 Å². The Bertz CT molecular complexity index is 338. The van der Waals surface area contributed by atoms with Crippen LogP contribution in [-0.2, 0) is 14.3 Å². The molecular weight excluding hydrogens is 260 g/mol. The van der Waals surface area contributed by atoms with Gasteiger partial charge in [0.05, 0.1) is 18.4 Å². The van der Waals surface area contributed by atoms with Gasteiger partial charge in [-0.05, 0) is 12.8 Å². The molecule has 1 heterocycles. The van der Waals surface area contributed by atoms with Gasteiger partial charge in [0.25, 0.3) is 6.43 Å². The highest BCUT2D eigenvalue weighted by Crippen LogP contribution is 2.34. The molecule has 1 fully saturated rings. The molecule has 1 amide bonds. The summed E-state index contributed by atoms with van der Waals surface area (Å²) < 4.78 is 28.3. The summed E-state index contributed by atoms with van der Waals surface area (Å²) in [5.41, 5.74) is -0.862. The second-order valence-corrected chi connectivity index (χ2v) is 4.72. The van der Waals surface area contributed by atoms with Gasteiger partial charge in [-0.2, -0.15) is 0 Å². The molecule has 0 aromatic heterocycles. The van der Waals surface area contributed by atoms with Crippen LogP contribution in [0.2, 0.25) is 0 Å². The van der Waals surface area contributed by atoms with Gasteiger partial charge in [-0.1, -0.05) is 6.92 Å². The third-order valence-electron chi connectivity index (χ3n) is 3.54. The van der Waals surface area contributed by atoms with Gasteiger partial charge in [-0.15, -0.1) is 0 Å². The summed E-state index contributed by atoms with van der Waals surface area (Å²) in [6, 6.07) is 0. The zero-order chi connectivity index (χ0) is 14.5. The molecule has 5 nitrogen and oxygen atoms in total. The smallest absolute Gasteiger partial charge is 0.311 e. The second kappa shape index (κ2) is 6.79. The van der Waals surface area contributed by atoms with Crippen LogP contribution >= 0.6 is 0 Å². The van der Waals surface area contributed by atoms with E-state index in [4.69, 9.17) is 0 Å². The molecule has 110 valence electrons. The van der Waals surface area contributed by atoms with Crippen molar-refractivity contribution < 1.29 is 28.2 Å². The van der Waals surface area contributed by atoms with E-state index in [2.05, 4.69) is 4.74 Å². The maximum Gasteiger partial charge on any atom is 0.311 e. The molecule has 1 unspecified atom stereocenters. The molecule has 1 N–H and O–H groups in total. The van der Waals surface area contributed by atoms with Crippen LogP contribution in [0.5, 0.6) is 0 Å². The summed E-state index contributed by atoms with van der Waals surface area (Å²) in [6.07, 6.45) is -1.63. The Kier molecular flexibility index (Phi) is 5.65. The van der Waals surface area contributed by atoms with Gasteiger partial charge in [0.15, 0.2) is 0 Å². The van der Waals surface area contributed by atoms with E-state index in [0.29, 0.717) is 19.4 Å². The highest BCUT2D eigenvalue weighted by Gasteiger charge is 2.44. The second-order valence-electron chi connectivity index (χ2n) is 4.72. The Morgan fingerprint density at radius 3 is 2.63 bits per heavy atom. The van der Waals surface area contributed by atoms with Gasteiger partial charge in [0.2, 0.25) is 5.91 Å². The van der Waals surface area contributed by atoms with Crippen LogP contribution in [0, 0.1) is 5.41 Å². The van der Waals surface area contributed by atoms with Gasteiger partial charge < -0.3 is 14.7 Å². The minimum atomic E-state index is -2.54. The Labute approximate surface area is 110 Å². The van der Waals surface area contributed by atoms with E-state index in [1.54, 1.807) is 6.92 Å². The molecule has 7 heteroatoms. The van der Waals surface area contributed by atoms with E-state index in [-0.39, 0.29) is 25.5 Å². The van der Waals surface area contributed by atoms with Crippen molar-refractivity contribution in [3.63, 3.8) is 0 Å². The molecule has 1 saturated heterocycles. The summed E-state index contributed by atoms with van der Waals surface area (Å²) in [4.78, 5) is 24.5. The van der Waals surface area contributed by atoms with Crippen LogP contribution in [0.3, 0.4) is 0 Å². The molecule has 19 heavy (non-hydrogen) atoms. The highest BCUT2D eigenvalue weighted by molar-refractivity contribution is 5.80. The first-order valence-corrected chi connectivity index (χ1v) is 6.28. The molecule has 1 aliphatic rings. The number of carboxylic acid groups (broad SMARTS) is 1. The van der Waals surface area contributed by atoms with Crippen molar-refractivity contribution in [1.29, 1.82) is 0 Å². The first kappa shape index (κ1) is 15.8. The number of amides is 1. The number of carbonyl (C=O) groups excluding carboxylic acids is 1. The summed E-state index contributed by atoms with van der Waals surface area (Å²) in [5.74, 6) is -1.13. The zero-order valence-corrected chi connectivity index (χ0v) is 10.9. The minimum absolute atomic E-state index is 0.00608. The number of halogens is 2. The van der Waals surface area contributed by atoms with Crippen molar-refractivity contribution in [3.05, 3.63) is 0 Å². The molecule has 0 bridgehead atoms. The Balaban J connectivity index is 2.37. The van der Waals surface area contributed by atoms with Crippen LogP contribution in [0.1, 0.15) is 26.2 Å². The maximum atomic E-state index is 11.8. The van der Waals surface area contributed by atoms with E-state index >= 15 is 0 Å². The van der Waals surface area contributed by atoms with Crippen molar-refractivity contribution in [2.45, 2.75) is 32.6 Å². The number of aliphatic carboxylic acids is 1. The van der Waals surface area contributed by atoms with Crippen molar-refractivity contribution in [1.82, 2.24) is 4.90 Å². The lowest BCUT2D eigenvalue weighted by Crippen LogP contribution is -2.36. The molecule has 0 aromatic rings. The van der Waals surface area contributed by atoms with E-state index in [1.807, 2.05) is 0 Å². The molecule has 0 radical (unpaired) electrons. The lowest BCUT2D eigenvalue weighted by molar-refractivity contribution is -0.148. The molecule has 1 rings (SSSR count). The number of carbonyl (C=O) groups is 2. The average molecular weight is 279 g/mol. The van der Waals surface area contributed by atoms with Crippen LogP contribution in [0.25, 0.3) is 0 Å². The number of nitrogens with zero attached hydrogens (tertiary/aromatic N) is 1. The summed E-state index contributed by atoms with van der Waals surface area (Å²) in [7, 11) is 0. The number of ether oxygens (including phenoxy) is 1. The van der Waals surface area contributed by atoms with E-state index in [0.717, 1.165) is 0 Å². The summed E-state index contributed by atoms with van der Waals surface area (Å²) in [5, 5.41) is 9.19. The molecule has 0 aliphatic carbocycles. The predicted molar refractivity (Wildman–Crippen MR) is 63.0 cm³/mol. The highest BCUT2D eigenvalue weighted by atomic mass is 19.3. The van der Waals surface area contributed by atoms with Crippen molar-refractivity contribution in [2.75, 3.05) is 26.3 Å². The first-order chi connectivity index (χ1) is 8.91. The topological polar surface area (TPSA) is 66.8 Å². The fraction of sp³-hybridized carbons (Fsp3) is 0.833. The maximum absolute atomic E-state index is 11.8. The number of hydrogen-bond acceptors (Lipinski definition) is 3. The normalized spacial score (nSPS) is 23.1. The van der Waals surface area contributed by atoms with Crippen LogP contribution in [0.15, 0.2) is 0 Å². The van der Waals surface area contributed by atoms with Gasteiger partial charge in [-0.25, -0.2) is 8.78 Å². The molecule has 0 spiro atoms. The lowest BCUT2D eigenvalue weighted by atomic mass is 9.84. The third kappa shape index (κ3) is 4.12. The number of alkyl halides is 2. The Hall–Kier alpha value is -1.24. The number of likely N-dealkylation sites (tertiary alicyclic amines) is 1. The largest absolute Gasteiger partial charge is 0.481 e. The van der Waals surface area contributed by atoms with Crippen molar-refractivity contribution >= 4 is 11.9 Å². The van der Waals surface area contributed by atoms with E-state index in [1.165, 1.54) is 4.90 Å².